The van der Waals surface area contributed by atoms with Gasteiger partial charge in [-0.15, -0.1) is 0 Å². The van der Waals surface area contributed by atoms with Gasteiger partial charge in [0.1, 0.15) is 0 Å². The zero-order valence-corrected chi connectivity index (χ0v) is 8.58. The van der Waals surface area contributed by atoms with Crippen molar-refractivity contribution in [3.63, 3.8) is 0 Å². The third kappa shape index (κ3) is 4.07. The lowest BCUT2D eigenvalue weighted by Gasteiger charge is -2.33. The predicted octanol–water partition coefficient (Wildman–Crippen LogP) is 0.558. The number of piperazine rings is 1. The van der Waals surface area contributed by atoms with Gasteiger partial charge in [-0.2, -0.15) is 0 Å². The highest BCUT2D eigenvalue weighted by molar-refractivity contribution is 4.80. The maximum atomic E-state index is 8.75. The van der Waals surface area contributed by atoms with E-state index in [0.29, 0.717) is 0 Å². The normalized spacial score (nSPS) is 20.8. The summed E-state index contributed by atoms with van der Waals surface area (Å²) in [5.74, 6) is 0. The molecule has 1 rings (SSSR count). The highest BCUT2D eigenvalue weighted by Gasteiger charge is 2.15. The van der Waals surface area contributed by atoms with Gasteiger partial charge in [0.25, 0.3) is 0 Å². The fourth-order valence-corrected chi connectivity index (χ4v) is 1.60. The van der Waals surface area contributed by atoms with E-state index in [2.05, 4.69) is 23.3 Å². The molecule has 1 N–H and O–H groups in total. The fourth-order valence-electron chi connectivity index (χ4n) is 1.60. The van der Waals surface area contributed by atoms with Crippen LogP contribution in [0.4, 0.5) is 0 Å². The van der Waals surface area contributed by atoms with Crippen LogP contribution >= 0.6 is 0 Å². The van der Waals surface area contributed by atoms with Crippen LogP contribution in [0.3, 0.4) is 0 Å². The summed E-state index contributed by atoms with van der Waals surface area (Å²) >= 11 is 0. The molecule has 0 spiro atoms. The van der Waals surface area contributed by atoms with E-state index >= 15 is 0 Å². The van der Waals surface area contributed by atoms with Crippen LogP contribution in [0.2, 0.25) is 0 Å². The molecule has 0 bridgehead atoms. The minimum atomic E-state index is 0.269. The van der Waals surface area contributed by atoms with Crippen LogP contribution in [0.15, 0.2) is 0 Å². The second-order valence-electron chi connectivity index (χ2n) is 3.60. The average Bonchev–Trinajstić information content (AvgIpc) is 2.17. The van der Waals surface area contributed by atoms with Gasteiger partial charge in [0.05, 0.1) is 6.61 Å². The number of rotatable bonds is 5. The zero-order valence-electron chi connectivity index (χ0n) is 8.58. The average molecular weight is 185 g/mol. The van der Waals surface area contributed by atoms with Gasteiger partial charge in [0.15, 0.2) is 0 Å². The number of aliphatic hydroxyl groups excluding tert-OH is 1. The number of hydrogen-bond donors (Lipinski definition) is 1. The first-order valence-electron chi connectivity index (χ1n) is 5.27. The van der Waals surface area contributed by atoms with Gasteiger partial charge in [-0.25, -0.2) is 0 Å². The first kappa shape index (κ1) is 11.0. The molecule has 13 heavy (non-hydrogen) atoms. The number of aliphatic hydroxyl groups is 1. The summed E-state index contributed by atoms with van der Waals surface area (Å²) in [7, 11) is 0. The van der Waals surface area contributed by atoms with Crippen molar-refractivity contribution in [2.24, 2.45) is 0 Å². The molecule has 0 saturated carbocycles. The molecule has 0 unspecified atom stereocenters. The topological polar surface area (TPSA) is 26.7 Å². The van der Waals surface area contributed by atoms with Crippen LogP contribution in [0.25, 0.3) is 0 Å². The quantitative estimate of drug-likeness (QED) is 0.678. The maximum Gasteiger partial charge on any atom is 0.0558 e. The molecular formula is C10H21N2O. The highest BCUT2D eigenvalue weighted by atomic mass is 16.3. The third-order valence-electron chi connectivity index (χ3n) is 2.52. The van der Waals surface area contributed by atoms with Crippen LogP contribution in [0, 0.1) is 6.54 Å². The maximum absolute atomic E-state index is 8.75. The number of β-amino-alcohol motifs (C(OH)–C–C–N with tert-alkyl or cyclic N) is 1. The van der Waals surface area contributed by atoms with Crippen molar-refractivity contribution in [2.75, 3.05) is 39.3 Å². The van der Waals surface area contributed by atoms with Gasteiger partial charge in [-0.05, 0) is 13.0 Å². The highest BCUT2D eigenvalue weighted by Crippen LogP contribution is 2.05. The van der Waals surface area contributed by atoms with E-state index in [0.717, 1.165) is 26.2 Å². The first-order chi connectivity index (χ1) is 6.36. The smallest absolute Gasteiger partial charge is 0.0558 e. The lowest BCUT2D eigenvalue weighted by molar-refractivity contribution is 0.144. The van der Waals surface area contributed by atoms with Crippen molar-refractivity contribution in [3.05, 3.63) is 6.54 Å². The van der Waals surface area contributed by atoms with Crippen LogP contribution in [0.1, 0.15) is 19.8 Å². The summed E-state index contributed by atoms with van der Waals surface area (Å²) in [6.45, 7) is 9.99. The van der Waals surface area contributed by atoms with Gasteiger partial charge in [0, 0.05) is 32.7 Å². The van der Waals surface area contributed by atoms with E-state index in [4.69, 9.17) is 5.11 Å². The summed E-state index contributed by atoms with van der Waals surface area (Å²) in [6, 6.07) is 0. The Kier molecular flexibility index (Phi) is 5.35. The molecule has 0 amide bonds. The molecule has 1 aliphatic heterocycles. The van der Waals surface area contributed by atoms with Gasteiger partial charge < -0.3 is 10.0 Å². The molecule has 0 atom stereocenters. The summed E-state index contributed by atoms with van der Waals surface area (Å²) in [5.41, 5.74) is 0. The Labute approximate surface area is 81.3 Å². The van der Waals surface area contributed by atoms with Crippen molar-refractivity contribution >= 4 is 0 Å². The van der Waals surface area contributed by atoms with Gasteiger partial charge >= 0.3 is 0 Å². The fraction of sp³-hybridized carbons (Fsp3) is 0.900. The Morgan fingerprint density at radius 2 is 2.15 bits per heavy atom. The van der Waals surface area contributed by atoms with Crippen LogP contribution < -0.4 is 0 Å². The predicted molar refractivity (Wildman–Crippen MR) is 54.3 cm³/mol. The van der Waals surface area contributed by atoms with Crippen LogP contribution in [-0.4, -0.2) is 54.2 Å². The monoisotopic (exact) mass is 185 g/mol. The second-order valence-corrected chi connectivity index (χ2v) is 3.60. The zero-order chi connectivity index (χ0) is 9.52. The minimum absolute atomic E-state index is 0.269. The molecule has 3 heteroatoms. The number of hydrogen-bond acceptors (Lipinski definition) is 3. The van der Waals surface area contributed by atoms with Gasteiger partial charge in [-0.3, -0.25) is 4.90 Å². The summed E-state index contributed by atoms with van der Waals surface area (Å²) in [6.07, 6.45) is 2.57. The first-order valence-corrected chi connectivity index (χ1v) is 5.27. The van der Waals surface area contributed by atoms with Crippen molar-refractivity contribution in [3.8, 4) is 0 Å². The lowest BCUT2D eigenvalue weighted by Crippen LogP contribution is -2.44. The van der Waals surface area contributed by atoms with E-state index in [1.807, 2.05) is 0 Å². The summed E-state index contributed by atoms with van der Waals surface area (Å²) in [5, 5.41) is 8.75. The van der Waals surface area contributed by atoms with E-state index < -0.39 is 0 Å². The number of unbranched alkanes of at least 4 members (excludes halogenated alkanes) is 1. The molecule has 1 fully saturated rings. The largest absolute Gasteiger partial charge is 0.395 e. The molecule has 0 aromatic heterocycles. The van der Waals surface area contributed by atoms with Crippen LogP contribution in [0.5, 0.6) is 0 Å². The second kappa shape index (κ2) is 6.35. The molecular weight excluding hydrogens is 164 g/mol. The molecule has 0 aromatic carbocycles. The minimum Gasteiger partial charge on any atom is -0.395 e. The van der Waals surface area contributed by atoms with Crippen LogP contribution in [-0.2, 0) is 0 Å². The van der Waals surface area contributed by atoms with E-state index in [1.54, 1.807) is 0 Å². The SMILES string of the molecule is CCCCN1C[CH]N(CCO)CC1. The van der Waals surface area contributed by atoms with E-state index in [9.17, 15) is 0 Å². The molecule has 0 aromatic rings. The molecule has 77 valence electrons. The molecule has 1 aliphatic rings. The van der Waals surface area contributed by atoms with E-state index in [1.165, 1.54) is 19.4 Å². The molecule has 0 aliphatic carbocycles. The standard InChI is InChI=1S/C10H21N2O/c1-2-3-4-11-5-7-12(8-6-11)9-10-13/h7,13H,2-6,8-10H2,1H3. The Morgan fingerprint density at radius 3 is 2.69 bits per heavy atom. The molecule has 1 saturated heterocycles. The van der Waals surface area contributed by atoms with E-state index in [-0.39, 0.29) is 6.61 Å². The lowest BCUT2D eigenvalue weighted by atomic mass is 10.2. The molecule has 1 heterocycles. The summed E-state index contributed by atoms with van der Waals surface area (Å²) < 4.78 is 0. The number of nitrogens with zero attached hydrogens (tertiary/aromatic N) is 2. The van der Waals surface area contributed by atoms with Gasteiger partial charge in [0.2, 0.25) is 0 Å². The summed E-state index contributed by atoms with van der Waals surface area (Å²) in [4.78, 5) is 4.68. The Bertz CT molecular complexity index is 122. The molecule has 1 radical (unpaired) electrons. The van der Waals surface area contributed by atoms with Crippen molar-refractivity contribution in [1.29, 1.82) is 0 Å². The van der Waals surface area contributed by atoms with Crippen molar-refractivity contribution in [2.45, 2.75) is 19.8 Å². The Balaban J connectivity index is 2.08. The Morgan fingerprint density at radius 1 is 1.31 bits per heavy atom. The third-order valence-corrected chi connectivity index (χ3v) is 2.52. The Hall–Kier alpha value is -0.120. The van der Waals surface area contributed by atoms with Gasteiger partial charge in [-0.1, -0.05) is 13.3 Å². The van der Waals surface area contributed by atoms with Crippen molar-refractivity contribution in [1.82, 2.24) is 9.80 Å². The van der Waals surface area contributed by atoms with Crippen molar-refractivity contribution < 1.29 is 5.11 Å². The molecule has 3 nitrogen and oxygen atoms in total.